The number of fused-ring (bicyclic) bond motifs is 4. The molecule has 8 rings (SSSR count). The van der Waals surface area contributed by atoms with Gasteiger partial charge in [-0.3, -0.25) is 24.1 Å². The van der Waals surface area contributed by atoms with Gasteiger partial charge in [0.1, 0.15) is 11.9 Å². The van der Waals surface area contributed by atoms with Crippen molar-refractivity contribution in [2.45, 2.75) is 62.6 Å². The number of aryl methyl sites for hydroxylation is 1. The summed E-state index contributed by atoms with van der Waals surface area (Å²) in [7, 11) is 1.76. The lowest BCUT2D eigenvalue weighted by Crippen LogP contribution is -2.55. The number of aliphatic hydroxyl groups excluding tert-OH is 1. The molecule has 12 nitrogen and oxygen atoms in total. The standard InChI is InChI=1S/C44H53N5O7/c1-47(23-5-22-45-28-37(51)34-13-15-36(50)41-35(34)14-16-39(52)46-41)42(54)32-11-8-30(9-12-32)10-17-40(53)49-26-20-44(21-27-49,33-6-3-2-4-7-33)43(55)56-38-29-48-24-18-31(38)19-25-48/h2-4,6-9,11-16,31,37-38,45,50-51H,5,10,17-29H2,1H3,(H,46,52). The Hall–Kier alpha value is -5.04. The molecule has 2 atom stereocenters. The lowest BCUT2D eigenvalue weighted by molar-refractivity contribution is -0.168. The third kappa shape index (κ3) is 8.67. The molecule has 0 spiro atoms. The van der Waals surface area contributed by atoms with Gasteiger partial charge in [0.25, 0.3) is 5.91 Å². The van der Waals surface area contributed by atoms with E-state index in [1.807, 2.05) is 47.4 Å². The van der Waals surface area contributed by atoms with Crippen molar-refractivity contribution in [1.29, 1.82) is 0 Å². The van der Waals surface area contributed by atoms with E-state index in [1.54, 1.807) is 36.2 Å². The number of piperidine rings is 4. The molecule has 0 saturated carbocycles. The highest BCUT2D eigenvalue weighted by molar-refractivity contribution is 5.94. The Morgan fingerprint density at radius 3 is 2.39 bits per heavy atom. The largest absolute Gasteiger partial charge is 0.506 e. The van der Waals surface area contributed by atoms with E-state index in [0.717, 1.165) is 43.6 Å². The Morgan fingerprint density at radius 1 is 0.964 bits per heavy atom. The second kappa shape index (κ2) is 17.4. The van der Waals surface area contributed by atoms with Crippen LogP contribution in [-0.2, 0) is 26.2 Å². The van der Waals surface area contributed by atoms with Crippen LogP contribution >= 0.6 is 0 Å². The highest BCUT2D eigenvalue weighted by Crippen LogP contribution is 2.39. The number of ether oxygens (including phenoxy) is 1. The summed E-state index contributed by atoms with van der Waals surface area (Å²) in [5.74, 6) is 0.192. The average molecular weight is 764 g/mol. The van der Waals surface area contributed by atoms with E-state index >= 15 is 0 Å². The molecule has 2 amide bonds. The number of hydrogen-bond donors (Lipinski definition) is 4. The first-order chi connectivity index (χ1) is 27.1. The molecule has 3 aromatic carbocycles. The number of phenols is 1. The number of carbonyl (C=O) groups is 3. The molecule has 296 valence electrons. The number of aromatic amines is 1. The lowest BCUT2D eigenvalue weighted by Gasteiger charge is -2.46. The van der Waals surface area contributed by atoms with Gasteiger partial charge in [-0.15, -0.1) is 0 Å². The quantitative estimate of drug-likeness (QED) is 0.110. The number of amides is 2. The number of rotatable bonds is 14. The SMILES string of the molecule is CN(CCCNCC(O)c1ccc(O)c2[nH]c(=O)ccc12)C(=O)c1ccc(CCC(=O)N2CCC(C(=O)OC3CN4CCC3CC4)(c3ccccc3)CC2)cc1. The molecule has 4 saturated heterocycles. The number of phenolic OH excluding ortho intramolecular Hbond substituents is 1. The fourth-order valence-corrected chi connectivity index (χ4v) is 8.69. The summed E-state index contributed by atoms with van der Waals surface area (Å²) in [6.45, 7) is 5.34. The third-order valence-corrected chi connectivity index (χ3v) is 12.2. The average Bonchev–Trinajstić information content (AvgIpc) is 3.23. The summed E-state index contributed by atoms with van der Waals surface area (Å²) in [6.07, 6.45) is 3.89. The van der Waals surface area contributed by atoms with Gasteiger partial charge in [0.2, 0.25) is 11.5 Å². The molecule has 1 aromatic heterocycles. The predicted octanol–water partition coefficient (Wildman–Crippen LogP) is 4.15. The van der Waals surface area contributed by atoms with Gasteiger partial charge < -0.3 is 35.1 Å². The number of carbonyl (C=O) groups excluding carboxylic acids is 3. The van der Waals surface area contributed by atoms with Crippen molar-refractivity contribution in [3.8, 4) is 5.75 Å². The van der Waals surface area contributed by atoms with Crippen LogP contribution < -0.4 is 10.9 Å². The molecule has 12 heteroatoms. The maximum Gasteiger partial charge on any atom is 0.317 e. The van der Waals surface area contributed by atoms with Crippen molar-refractivity contribution in [1.82, 2.24) is 25.0 Å². The Balaban J connectivity index is 0.844. The van der Waals surface area contributed by atoms with Gasteiger partial charge in [0.15, 0.2) is 0 Å². The Morgan fingerprint density at radius 2 is 1.70 bits per heavy atom. The number of nitrogens with zero attached hydrogens (tertiary/aromatic N) is 3. The van der Waals surface area contributed by atoms with E-state index in [4.69, 9.17) is 4.74 Å². The number of esters is 1. The van der Waals surface area contributed by atoms with Crippen LogP contribution in [0.5, 0.6) is 5.75 Å². The van der Waals surface area contributed by atoms with Crippen LogP contribution in [0.4, 0.5) is 0 Å². The zero-order valence-electron chi connectivity index (χ0n) is 32.1. The van der Waals surface area contributed by atoms with Crippen LogP contribution in [-0.4, -0.2) is 113 Å². The van der Waals surface area contributed by atoms with Crippen LogP contribution in [0.3, 0.4) is 0 Å². The van der Waals surface area contributed by atoms with E-state index in [2.05, 4.69) is 15.2 Å². The maximum absolute atomic E-state index is 14.0. The van der Waals surface area contributed by atoms with E-state index < -0.39 is 11.5 Å². The number of likely N-dealkylation sites (tertiary alicyclic amines) is 1. The second-order valence-corrected chi connectivity index (χ2v) is 15.7. The molecule has 4 aliphatic rings. The summed E-state index contributed by atoms with van der Waals surface area (Å²) < 4.78 is 6.30. The number of pyridine rings is 1. The maximum atomic E-state index is 14.0. The number of aromatic hydroxyl groups is 1. The Labute approximate surface area is 327 Å². The van der Waals surface area contributed by atoms with Gasteiger partial charge in [0, 0.05) is 63.2 Å². The molecular formula is C44H53N5O7. The number of hydrogen-bond acceptors (Lipinski definition) is 9. The van der Waals surface area contributed by atoms with Gasteiger partial charge in [-0.2, -0.15) is 0 Å². The zero-order chi connectivity index (χ0) is 39.2. The van der Waals surface area contributed by atoms with Gasteiger partial charge >= 0.3 is 5.97 Å². The minimum Gasteiger partial charge on any atom is -0.506 e. The van der Waals surface area contributed by atoms with Gasteiger partial charge in [0.05, 0.1) is 17.0 Å². The van der Waals surface area contributed by atoms with Crippen molar-refractivity contribution in [3.05, 3.63) is 111 Å². The highest BCUT2D eigenvalue weighted by atomic mass is 16.5. The lowest BCUT2D eigenvalue weighted by atomic mass is 9.72. The van der Waals surface area contributed by atoms with Crippen molar-refractivity contribution in [2.24, 2.45) is 5.92 Å². The second-order valence-electron chi connectivity index (χ2n) is 15.7. The van der Waals surface area contributed by atoms with Crippen LogP contribution in [0.25, 0.3) is 10.9 Å². The van der Waals surface area contributed by atoms with Gasteiger partial charge in [-0.25, -0.2) is 0 Å². The zero-order valence-corrected chi connectivity index (χ0v) is 32.1. The molecular weight excluding hydrogens is 711 g/mol. The highest BCUT2D eigenvalue weighted by Gasteiger charge is 2.47. The molecule has 2 bridgehead atoms. The summed E-state index contributed by atoms with van der Waals surface area (Å²) in [4.78, 5) is 60.7. The number of H-pyrrole nitrogens is 1. The molecule has 4 fully saturated rings. The third-order valence-electron chi connectivity index (χ3n) is 12.2. The van der Waals surface area contributed by atoms with Crippen molar-refractivity contribution < 1.29 is 29.3 Å². The minimum absolute atomic E-state index is 0.0565. The van der Waals surface area contributed by atoms with Crippen LogP contribution in [0.2, 0.25) is 0 Å². The van der Waals surface area contributed by atoms with E-state index in [0.29, 0.717) is 86.2 Å². The molecule has 2 unspecified atom stereocenters. The van der Waals surface area contributed by atoms with Crippen LogP contribution in [0, 0.1) is 5.92 Å². The first-order valence-corrected chi connectivity index (χ1v) is 20.0. The molecule has 0 radical (unpaired) electrons. The van der Waals surface area contributed by atoms with Gasteiger partial charge in [-0.1, -0.05) is 48.5 Å². The fraction of sp³-hybridized carbons (Fsp3) is 0.455. The minimum atomic E-state index is -0.855. The molecule has 4 aliphatic heterocycles. The van der Waals surface area contributed by atoms with Gasteiger partial charge in [-0.05, 0) is 105 Å². The predicted molar refractivity (Wildman–Crippen MR) is 213 cm³/mol. The molecule has 56 heavy (non-hydrogen) atoms. The molecule has 5 heterocycles. The first kappa shape index (κ1) is 39.2. The number of aliphatic hydroxyl groups is 1. The van der Waals surface area contributed by atoms with E-state index in [9.17, 15) is 29.4 Å². The molecule has 4 aromatic rings. The monoisotopic (exact) mass is 763 g/mol. The van der Waals surface area contributed by atoms with Crippen LogP contribution in [0.1, 0.15) is 71.7 Å². The molecule has 4 N–H and O–H groups in total. The van der Waals surface area contributed by atoms with E-state index in [-0.39, 0.29) is 41.7 Å². The van der Waals surface area contributed by atoms with Crippen molar-refractivity contribution >= 4 is 28.7 Å². The number of benzene rings is 3. The summed E-state index contributed by atoms with van der Waals surface area (Å²) in [6, 6.07) is 23.4. The Kier molecular flexibility index (Phi) is 12.2. The smallest absolute Gasteiger partial charge is 0.317 e. The summed E-state index contributed by atoms with van der Waals surface area (Å²) in [5.41, 5.74) is 2.31. The summed E-state index contributed by atoms with van der Waals surface area (Å²) >= 11 is 0. The van der Waals surface area contributed by atoms with Crippen LogP contribution in [0.15, 0.2) is 83.7 Å². The normalized spacial score (nSPS) is 20.8. The number of aromatic nitrogens is 1. The van der Waals surface area contributed by atoms with Crippen molar-refractivity contribution in [2.75, 3.05) is 59.4 Å². The number of nitrogens with one attached hydrogen (secondary N) is 2. The van der Waals surface area contributed by atoms with E-state index in [1.165, 1.54) is 12.1 Å². The first-order valence-electron chi connectivity index (χ1n) is 20.0. The fourth-order valence-electron chi connectivity index (χ4n) is 8.69. The molecule has 0 aliphatic carbocycles. The topological polar surface area (TPSA) is 156 Å². The Bertz CT molecular complexity index is 2050. The summed E-state index contributed by atoms with van der Waals surface area (Å²) in [5, 5.41) is 24.7. The van der Waals surface area contributed by atoms with Crippen molar-refractivity contribution in [3.63, 3.8) is 0 Å².